The molecule has 0 saturated carbocycles. The number of benzene rings is 1. The van der Waals surface area contributed by atoms with Crippen molar-refractivity contribution in [3.63, 3.8) is 0 Å². The minimum absolute atomic E-state index is 0. The van der Waals surface area contributed by atoms with Gasteiger partial charge in [0.05, 0.1) is 0 Å². The van der Waals surface area contributed by atoms with E-state index in [1.165, 1.54) is 25.1 Å². The zero-order valence-electron chi connectivity index (χ0n) is 12.4. The SMILES string of the molecule is CN(C)CCNCC1CCCN1c1ccccc1.Cl.Cl. The minimum Gasteiger partial charge on any atom is -0.367 e. The molecule has 1 saturated heterocycles. The van der Waals surface area contributed by atoms with Gasteiger partial charge in [-0.2, -0.15) is 0 Å². The highest BCUT2D eigenvalue weighted by atomic mass is 35.5. The summed E-state index contributed by atoms with van der Waals surface area (Å²) in [6.07, 6.45) is 2.62. The molecule has 2 rings (SSSR count). The molecule has 3 nitrogen and oxygen atoms in total. The zero-order chi connectivity index (χ0) is 12.8. The molecule has 1 N–H and O–H groups in total. The summed E-state index contributed by atoms with van der Waals surface area (Å²) in [4.78, 5) is 4.76. The number of hydrogen-bond acceptors (Lipinski definition) is 3. The van der Waals surface area contributed by atoms with Gasteiger partial charge in [0.25, 0.3) is 0 Å². The van der Waals surface area contributed by atoms with Gasteiger partial charge in [-0.25, -0.2) is 0 Å². The van der Waals surface area contributed by atoms with Gasteiger partial charge in [-0.3, -0.25) is 0 Å². The quantitative estimate of drug-likeness (QED) is 0.813. The molecule has 0 amide bonds. The summed E-state index contributed by atoms with van der Waals surface area (Å²) in [7, 11) is 4.24. The largest absolute Gasteiger partial charge is 0.367 e. The summed E-state index contributed by atoms with van der Waals surface area (Å²) < 4.78 is 0. The monoisotopic (exact) mass is 319 g/mol. The third-order valence-electron chi connectivity index (χ3n) is 3.58. The van der Waals surface area contributed by atoms with Crippen LogP contribution in [-0.2, 0) is 0 Å². The molecule has 1 aromatic rings. The Kier molecular flexibility index (Phi) is 10.0. The number of nitrogens with zero attached hydrogens (tertiary/aromatic N) is 2. The average Bonchev–Trinajstić information content (AvgIpc) is 2.84. The lowest BCUT2D eigenvalue weighted by atomic mass is 10.2. The van der Waals surface area contributed by atoms with Crippen LogP contribution < -0.4 is 10.2 Å². The van der Waals surface area contributed by atoms with Crippen molar-refractivity contribution in [1.82, 2.24) is 10.2 Å². The van der Waals surface area contributed by atoms with Crippen molar-refractivity contribution in [3.8, 4) is 0 Å². The van der Waals surface area contributed by atoms with E-state index in [1.54, 1.807) is 0 Å². The average molecular weight is 320 g/mol. The summed E-state index contributed by atoms with van der Waals surface area (Å²) in [5.41, 5.74) is 1.37. The number of anilines is 1. The molecule has 1 aliphatic rings. The number of halogens is 2. The molecule has 0 radical (unpaired) electrons. The van der Waals surface area contributed by atoms with Gasteiger partial charge in [-0.15, -0.1) is 24.8 Å². The van der Waals surface area contributed by atoms with Gasteiger partial charge in [-0.05, 0) is 39.1 Å². The number of nitrogens with one attached hydrogen (secondary N) is 1. The van der Waals surface area contributed by atoms with Gasteiger partial charge in [0, 0.05) is 37.9 Å². The summed E-state index contributed by atoms with van der Waals surface area (Å²) >= 11 is 0. The Balaban J connectivity index is 0.00000180. The molecule has 116 valence electrons. The van der Waals surface area contributed by atoms with Crippen LogP contribution >= 0.6 is 24.8 Å². The molecule has 20 heavy (non-hydrogen) atoms. The van der Waals surface area contributed by atoms with Gasteiger partial charge in [0.15, 0.2) is 0 Å². The smallest absolute Gasteiger partial charge is 0.0415 e. The number of rotatable bonds is 6. The zero-order valence-corrected chi connectivity index (χ0v) is 14.1. The van der Waals surface area contributed by atoms with Crippen LogP contribution in [0.4, 0.5) is 5.69 Å². The highest BCUT2D eigenvalue weighted by Crippen LogP contribution is 2.24. The number of para-hydroxylation sites is 1. The Morgan fingerprint density at radius 3 is 2.55 bits per heavy atom. The van der Waals surface area contributed by atoms with E-state index in [4.69, 9.17) is 0 Å². The first-order chi connectivity index (χ1) is 8.77. The fourth-order valence-electron chi connectivity index (χ4n) is 2.58. The molecule has 1 heterocycles. The third-order valence-corrected chi connectivity index (χ3v) is 3.58. The molecule has 1 aliphatic heterocycles. The van der Waals surface area contributed by atoms with Crippen LogP contribution in [0, 0.1) is 0 Å². The first-order valence-electron chi connectivity index (χ1n) is 6.94. The van der Waals surface area contributed by atoms with Crippen LogP contribution in [0.2, 0.25) is 0 Å². The van der Waals surface area contributed by atoms with Crippen LogP contribution in [0.3, 0.4) is 0 Å². The standard InChI is InChI=1S/C15H25N3.2ClH/c1-17(2)12-10-16-13-15-9-6-11-18(15)14-7-4-3-5-8-14;;/h3-5,7-8,15-16H,6,9-13H2,1-2H3;2*1H. The number of likely N-dealkylation sites (N-methyl/N-ethyl adjacent to an activating group) is 1. The van der Waals surface area contributed by atoms with Crippen molar-refractivity contribution in [1.29, 1.82) is 0 Å². The maximum Gasteiger partial charge on any atom is 0.0415 e. The van der Waals surface area contributed by atoms with Crippen molar-refractivity contribution in [2.45, 2.75) is 18.9 Å². The Bertz CT molecular complexity index is 346. The molecule has 0 spiro atoms. The highest BCUT2D eigenvalue weighted by Gasteiger charge is 2.23. The number of hydrogen-bond donors (Lipinski definition) is 1. The van der Waals surface area contributed by atoms with Crippen molar-refractivity contribution >= 4 is 30.5 Å². The second kappa shape index (κ2) is 10.3. The van der Waals surface area contributed by atoms with Crippen LogP contribution in [0.15, 0.2) is 30.3 Å². The summed E-state index contributed by atoms with van der Waals surface area (Å²) in [6, 6.07) is 11.4. The van der Waals surface area contributed by atoms with Crippen molar-refractivity contribution in [2.75, 3.05) is 45.2 Å². The van der Waals surface area contributed by atoms with E-state index in [2.05, 4.69) is 59.5 Å². The predicted octanol–water partition coefficient (Wildman–Crippen LogP) is 2.65. The summed E-state index contributed by atoms with van der Waals surface area (Å²) in [5, 5.41) is 3.58. The fraction of sp³-hybridized carbons (Fsp3) is 0.600. The molecule has 1 atom stereocenters. The topological polar surface area (TPSA) is 18.5 Å². The van der Waals surface area contributed by atoms with Crippen LogP contribution in [-0.4, -0.2) is 51.2 Å². The molecule has 1 fully saturated rings. The van der Waals surface area contributed by atoms with Gasteiger partial charge in [0.2, 0.25) is 0 Å². The summed E-state index contributed by atoms with van der Waals surface area (Å²) in [5.74, 6) is 0. The molecule has 0 aliphatic carbocycles. The lowest BCUT2D eigenvalue weighted by Crippen LogP contribution is -2.39. The Hall–Kier alpha value is -0.480. The maximum absolute atomic E-state index is 3.58. The van der Waals surface area contributed by atoms with Crippen molar-refractivity contribution in [3.05, 3.63) is 30.3 Å². The van der Waals surface area contributed by atoms with Gasteiger partial charge in [-0.1, -0.05) is 18.2 Å². The van der Waals surface area contributed by atoms with Gasteiger partial charge in [0.1, 0.15) is 0 Å². The van der Waals surface area contributed by atoms with Gasteiger partial charge < -0.3 is 15.1 Å². The Labute approximate surface area is 135 Å². The predicted molar refractivity (Wildman–Crippen MR) is 92.7 cm³/mol. The van der Waals surface area contributed by atoms with E-state index in [-0.39, 0.29) is 24.8 Å². The molecule has 0 bridgehead atoms. The van der Waals surface area contributed by atoms with E-state index in [1.807, 2.05) is 0 Å². The molecular weight excluding hydrogens is 293 g/mol. The van der Waals surface area contributed by atoms with Crippen LogP contribution in [0.5, 0.6) is 0 Å². The van der Waals surface area contributed by atoms with Crippen molar-refractivity contribution < 1.29 is 0 Å². The molecule has 0 aromatic heterocycles. The van der Waals surface area contributed by atoms with Crippen LogP contribution in [0.25, 0.3) is 0 Å². The van der Waals surface area contributed by atoms with Crippen molar-refractivity contribution in [2.24, 2.45) is 0 Å². The lowest BCUT2D eigenvalue weighted by Gasteiger charge is -2.27. The minimum atomic E-state index is 0. The summed E-state index contributed by atoms with van der Waals surface area (Å²) in [6.45, 7) is 4.48. The normalized spacial score (nSPS) is 17.8. The second-order valence-electron chi connectivity index (χ2n) is 5.33. The van der Waals surface area contributed by atoms with E-state index in [9.17, 15) is 0 Å². The van der Waals surface area contributed by atoms with E-state index < -0.39 is 0 Å². The van der Waals surface area contributed by atoms with Gasteiger partial charge >= 0.3 is 0 Å². The fourth-order valence-corrected chi connectivity index (χ4v) is 2.58. The Morgan fingerprint density at radius 1 is 1.20 bits per heavy atom. The molecule has 1 aromatic carbocycles. The third kappa shape index (κ3) is 5.88. The highest BCUT2D eigenvalue weighted by molar-refractivity contribution is 5.85. The molecule has 5 heteroatoms. The maximum atomic E-state index is 3.58. The molecular formula is C15H27Cl2N3. The first kappa shape index (κ1) is 19.5. The Morgan fingerprint density at radius 2 is 1.90 bits per heavy atom. The second-order valence-corrected chi connectivity index (χ2v) is 5.33. The van der Waals surface area contributed by atoms with E-state index in [0.29, 0.717) is 6.04 Å². The van der Waals surface area contributed by atoms with Crippen LogP contribution in [0.1, 0.15) is 12.8 Å². The van der Waals surface area contributed by atoms with E-state index >= 15 is 0 Å². The molecule has 1 unspecified atom stereocenters. The first-order valence-corrected chi connectivity index (χ1v) is 6.94. The van der Waals surface area contributed by atoms with E-state index in [0.717, 1.165) is 19.6 Å². The lowest BCUT2D eigenvalue weighted by molar-refractivity contribution is 0.396.